The summed E-state index contributed by atoms with van der Waals surface area (Å²) in [5.41, 5.74) is 1.58. The van der Waals surface area contributed by atoms with Crippen molar-refractivity contribution in [3.05, 3.63) is 57.5 Å². The second-order valence-corrected chi connectivity index (χ2v) is 10.4. The van der Waals surface area contributed by atoms with Gasteiger partial charge in [0.05, 0.1) is 18.7 Å². The number of ether oxygens (including phenoxy) is 2. The van der Waals surface area contributed by atoms with E-state index in [1.165, 1.54) is 30.6 Å². The van der Waals surface area contributed by atoms with Gasteiger partial charge in [0.2, 0.25) is 0 Å². The monoisotopic (exact) mass is 485 g/mol. The molecular weight excluding hydrogens is 454 g/mol. The average Bonchev–Trinajstić information content (AvgIpc) is 3.55. The maximum absolute atomic E-state index is 10.8. The Bertz CT molecular complexity index is 1140. The van der Waals surface area contributed by atoms with E-state index in [1.54, 1.807) is 18.4 Å². The molecule has 5 atom stereocenters. The summed E-state index contributed by atoms with van der Waals surface area (Å²) < 4.78 is 11.7. The first-order valence-electron chi connectivity index (χ1n) is 11.9. The first-order valence-corrected chi connectivity index (χ1v) is 12.7. The lowest BCUT2D eigenvalue weighted by Gasteiger charge is -2.40. The van der Waals surface area contributed by atoms with Gasteiger partial charge in [-0.1, -0.05) is 37.1 Å². The molecule has 0 unspecified atom stereocenters. The fourth-order valence-electron chi connectivity index (χ4n) is 5.37. The van der Waals surface area contributed by atoms with Gasteiger partial charge in [-0.15, -0.1) is 11.3 Å². The number of benzene rings is 2. The lowest BCUT2D eigenvalue weighted by Crippen LogP contribution is -2.55. The molecular formula is C26H31NO6S. The third-order valence-electron chi connectivity index (χ3n) is 7.18. The summed E-state index contributed by atoms with van der Waals surface area (Å²) >= 11 is 1.74. The van der Waals surface area contributed by atoms with Crippen molar-refractivity contribution < 1.29 is 29.9 Å². The van der Waals surface area contributed by atoms with Crippen LogP contribution in [0.4, 0.5) is 0 Å². The summed E-state index contributed by atoms with van der Waals surface area (Å²) in [4.78, 5) is 6.03. The molecule has 8 heteroatoms. The van der Waals surface area contributed by atoms with Crippen LogP contribution >= 0.6 is 11.3 Å². The Labute approximate surface area is 202 Å². The van der Waals surface area contributed by atoms with Gasteiger partial charge in [0.1, 0.15) is 36.3 Å². The molecule has 1 aliphatic carbocycles. The zero-order valence-corrected chi connectivity index (χ0v) is 19.9. The van der Waals surface area contributed by atoms with Crippen LogP contribution in [0.1, 0.15) is 58.7 Å². The largest absolute Gasteiger partial charge is 0.496 e. The summed E-state index contributed by atoms with van der Waals surface area (Å²) in [7, 11) is 1.64. The Kier molecular flexibility index (Phi) is 6.88. The molecule has 5 rings (SSSR count). The number of thiazole rings is 1. The fraction of sp³-hybridized carbons (Fsp3) is 0.500. The number of rotatable bonds is 6. The highest BCUT2D eigenvalue weighted by Gasteiger charge is 2.44. The maximum Gasteiger partial charge on any atom is 0.130 e. The summed E-state index contributed by atoms with van der Waals surface area (Å²) in [5, 5.41) is 43.8. The highest BCUT2D eigenvalue weighted by atomic mass is 32.1. The van der Waals surface area contributed by atoms with Crippen LogP contribution in [0, 0.1) is 0 Å². The Hall–Kier alpha value is -2.07. The predicted molar refractivity (Wildman–Crippen MR) is 129 cm³/mol. The van der Waals surface area contributed by atoms with Crippen LogP contribution in [-0.2, 0) is 11.2 Å². The number of methoxy groups -OCH3 is 1. The van der Waals surface area contributed by atoms with E-state index < -0.39 is 37.1 Å². The molecule has 0 amide bonds. The molecule has 1 aliphatic heterocycles. The number of nitrogens with zero attached hydrogens (tertiary/aromatic N) is 1. The van der Waals surface area contributed by atoms with E-state index >= 15 is 0 Å². The molecule has 4 N–H and O–H groups in total. The van der Waals surface area contributed by atoms with Crippen molar-refractivity contribution in [2.45, 2.75) is 68.5 Å². The predicted octanol–water partition coefficient (Wildman–Crippen LogP) is 3.07. The van der Waals surface area contributed by atoms with Gasteiger partial charge in [-0.25, -0.2) is 4.98 Å². The highest BCUT2D eigenvalue weighted by Crippen LogP contribution is 2.42. The van der Waals surface area contributed by atoms with Crippen LogP contribution in [0.15, 0.2) is 36.5 Å². The minimum Gasteiger partial charge on any atom is -0.496 e. The summed E-state index contributed by atoms with van der Waals surface area (Å²) in [6.07, 6.45) is 1.49. The molecule has 2 aliphatic rings. The van der Waals surface area contributed by atoms with E-state index in [0.29, 0.717) is 17.9 Å². The second-order valence-electron chi connectivity index (χ2n) is 9.27. The normalized spacial score (nSPS) is 28.0. The van der Waals surface area contributed by atoms with Crippen molar-refractivity contribution in [3.8, 4) is 5.75 Å². The summed E-state index contributed by atoms with van der Waals surface area (Å²) in [6, 6.07) is 9.62. The first kappa shape index (κ1) is 23.7. The zero-order valence-electron chi connectivity index (χ0n) is 19.1. The van der Waals surface area contributed by atoms with Gasteiger partial charge in [-0.3, -0.25) is 0 Å². The number of hydrogen-bond acceptors (Lipinski definition) is 8. The van der Waals surface area contributed by atoms with Crippen molar-refractivity contribution >= 4 is 22.1 Å². The maximum atomic E-state index is 10.8. The third kappa shape index (κ3) is 4.23. The summed E-state index contributed by atoms with van der Waals surface area (Å²) in [6.45, 7) is -0.467. The van der Waals surface area contributed by atoms with Gasteiger partial charge >= 0.3 is 0 Å². The van der Waals surface area contributed by atoms with Gasteiger partial charge in [0, 0.05) is 28.4 Å². The molecule has 0 spiro atoms. The van der Waals surface area contributed by atoms with Crippen molar-refractivity contribution in [1.82, 2.24) is 4.98 Å². The molecule has 2 fully saturated rings. The second kappa shape index (κ2) is 9.89. The van der Waals surface area contributed by atoms with E-state index in [1.807, 2.05) is 36.5 Å². The average molecular weight is 486 g/mol. The first-order chi connectivity index (χ1) is 16.5. The quantitative estimate of drug-likeness (QED) is 0.425. The summed E-state index contributed by atoms with van der Waals surface area (Å²) in [5.74, 6) is 1.34. The van der Waals surface area contributed by atoms with Crippen molar-refractivity contribution in [2.24, 2.45) is 0 Å². The van der Waals surface area contributed by atoms with Crippen LogP contribution in [0.5, 0.6) is 5.75 Å². The molecule has 182 valence electrons. The van der Waals surface area contributed by atoms with E-state index in [-0.39, 0.29) is 0 Å². The van der Waals surface area contributed by atoms with Crippen LogP contribution in [0.3, 0.4) is 0 Å². The Morgan fingerprint density at radius 3 is 2.50 bits per heavy atom. The minimum absolute atomic E-state index is 0.467. The molecule has 0 radical (unpaired) electrons. The lowest BCUT2D eigenvalue weighted by atomic mass is 9.87. The zero-order chi connectivity index (χ0) is 23.8. The molecule has 2 aromatic carbocycles. The van der Waals surface area contributed by atoms with Crippen molar-refractivity contribution in [2.75, 3.05) is 13.7 Å². The topological polar surface area (TPSA) is 112 Å². The lowest BCUT2D eigenvalue weighted by molar-refractivity contribution is -0.231. The number of aliphatic hydroxyl groups is 4. The van der Waals surface area contributed by atoms with Gasteiger partial charge in [-0.05, 0) is 35.8 Å². The molecule has 1 saturated heterocycles. The minimum atomic E-state index is -1.44. The number of hydrogen-bond donors (Lipinski definition) is 4. The van der Waals surface area contributed by atoms with E-state index in [4.69, 9.17) is 14.5 Å². The standard InChI is InChI=1S/C26H31NO6S/c1-32-25-15(11-21-27-12-20(34-21)14-6-2-3-7-14)10-18(16-8-4-5-9-17(16)25)26-24(31)23(30)22(29)19(13-28)33-26/h4-5,8-10,12,14,19,22-24,26,28-31H,2-3,6-7,11,13H2,1H3/t19-,22-,23+,24-,26+/m1/s1. The molecule has 3 aromatic rings. The van der Waals surface area contributed by atoms with E-state index in [2.05, 4.69) is 0 Å². The van der Waals surface area contributed by atoms with Crippen molar-refractivity contribution in [1.29, 1.82) is 0 Å². The Balaban J connectivity index is 1.56. The third-order valence-corrected chi connectivity index (χ3v) is 8.34. The van der Waals surface area contributed by atoms with Gasteiger partial charge in [0.25, 0.3) is 0 Å². The van der Waals surface area contributed by atoms with Gasteiger partial charge in [0.15, 0.2) is 0 Å². The SMILES string of the molecule is COc1c(Cc2ncc(C3CCCC3)s2)cc([C@@H]2O[C@H](CO)[C@@H](O)[C@H](O)[C@H]2O)c2ccccc12. The Morgan fingerprint density at radius 2 is 1.79 bits per heavy atom. The number of fused-ring (bicyclic) bond motifs is 1. The Morgan fingerprint density at radius 1 is 1.06 bits per heavy atom. The van der Waals surface area contributed by atoms with Gasteiger partial charge < -0.3 is 29.9 Å². The number of aromatic nitrogens is 1. The van der Waals surface area contributed by atoms with Crippen LogP contribution in [0.25, 0.3) is 10.8 Å². The van der Waals surface area contributed by atoms with Crippen LogP contribution in [0.2, 0.25) is 0 Å². The van der Waals surface area contributed by atoms with E-state index in [9.17, 15) is 20.4 Å². The van der Waals surface area contributed by atoms with Gasteiger partial charge in [-0.2, -0.15) is 0 Å². The molecule has 7 nitrogen and oxygen atoms in total. The fourth-order valence-corrected chi connectivity index (χ4v) is 6.48. The van der Waals surface area contributed by atoms with Crippen LogP contribution < -0.4 is 4.74 Å². The van der Waals surface area contributed by atoms with Crippen LogP contribution in [-0.4, -0.2) is 63.5 Å². The van der Waals surface area contributed by atoms with Crippen molar-refractivity contribution in [3.63, 3.8) is 0 Å². The van der Waals surface area contributed by atoms with E-state index in [0.717, 1.165) is 27.1 Å². The highest BCUT2D eigenvalue weighted by molar-refractivity contribution is 7.11. The molecule has 34 heavy (non-hydrogen) atoms. The molecule has 1 saturated carbocycles. The molecule has 0 bridgehead atoms. The molecule has 2 heterocycles. The molecule has 1 aromatic heterocycles. The smallest absolute Gasteiger partial charge is 0.130 e. The number of aliphatic hydroxyl groups excluding tert-OH is 4.